The number of ether oxygens (including phenoxy) is 1. The monoisotopic (exact) mass is 241 g/mol. The molecule has 0 atom stereocenters. The molecule has 0 rings (SSSR count). The van der Waals surface area contributed by atoms with Gasteiger partial charge in [-0.15, -0.1) is 0 Å². The van der Waals surface area contributed by atoms with Crippen LogP contribution in [0.3, 0.4) is 0 Å². The van der Waals surface area contributed by atoms with Gasteiger partial charge in [0.05, 0.1) is 12.4 Å². The Kier molecular flexibility index (Phi) is 10.9. The normalized spacial score (nSPS) is 7.25. The number of hydrogen-bond acceptors (Lipinski definition) is 3. The quantitative estimate of drug-likeness (QED) is 0.422. The fourth-order valence-corrected chi connectivity index (χ4v) is 0.298. The molecule has 4 heteroatoms. The Labute approximate surface area is 71.8 Å². The summed E-state index contributed by atoms with van der Waals surface area (Å²) in [5, 5.41) is 0. The number of thiol groups is 1. The number of hydrogen-bond donors (Lipinski definition) is 1. The first-order valence-corrected chi connectivity index (χ1v) is 2.71. The van der Waals surface area contributed by atoms with E-state index in [9.17, 15) is 4.79 Å². The maximum Gasteiger partial charge on any atom is 0.315 e. The third-order valence-corrected chi connectivity index (χ3v) is 0.693. The minimum atomic E-state index is -0.258. The molecule has 0 saturated heterocycles. The summed E-state index contributed by atoms with van der Waals surface area (Å²) < 4.78 is 4.48. The molecule has 0 aliphatic carbocycles. The minimum absolute atomic E-state index is 0. The molecule has 0 saturated carbocycles. The molecule has 0 aliphatic rings. The standard InChI is InChI=1S/C4H8O2S.Sb/c1-2-6-4(5)3-7;/h7H,2-3H2,1H3;. The van der Waals surface area contributed by atoms with E-state index in [1.807, 2.05) is 0 Å². The van der Waals surface area contributed by atoms with Crippen LogP contribution in [0.2, 0.25) is 0 Å². The Morgan fingerprint density at radius 2 is 2.25 bits per heavy atom. The van der Waals surface area contributed by atoms with Crippen molar-refractivity contribution in [2.75, 3.05) is 12.4 Å². The van der Waals surface area contributed by atoms with Crippen LogP contribution in [0.15, 0.2) is 0 Å². The van der Waals surface area contributed by atoms with Gasteiger partial charge in [-0.2, -0.15) is 12.6 Å². The van der Waals surface area contributed by atoms with Crippen LogP contribution in [-0.4, -0.2) is 42.8 Å². The smallest absolute Gasteiger partial charge is 0.315 e. The molecule has 0 aromatic heterocycles. The summed E-state index contributed by atoms with van der Waals surface area (Å²) in [6, 6.07) is 0. The summed E-state index contributed by atoms with van der Waals surface area (Å²) in [6.07, 6.45) is 0. The topological polar surface area (TPSA) is 26.3 Å². The van der Waals surface area contributed by atoms with E-state index in [0.717, 1.165) is 0 Å². The Morgan fingerprint density at radius 3 is 2.38 bits per heavy atom. The fraction of sp³-hybridized carbons (Fsp3) is 0.750. The number of esters is 1. The molecule has 0 aromatic carbocycles. The molecule has 0 bridgehead atoms. The Balaban J connectivity index is 0. The molecule has 0 unspecified atom stereocenters. The third-order valence-electron chi connectivity index (χ3n) is 0.434. The fourth-order valence-electron chi connectivity index (χ4n) is 0.207. The van der Waals surface area contributed by atoms with Crippen LogP contribution in [0.5, 0.6) is 0 Å². The van der Waals surface area contributed by atoms with Gasteiger partial charge in [0.15, 0.2) is 0 Å². The zero-order valence-electron chi connectivity index (χ0n) is 4.63. The number of carbonyl (C=O) groups is 1. The van der Waals surface area contributed by atoms with E-state index in [1.165, 1.54) is 0 Å². The average molecular weight is 242 g/mol. The summed E-state index contributed by atoms with van der Waals surface area (Å²) in [5.74, 6) is -0.0840. The molecule has 0 aliphatic heterocycles. The molecule has 2 nitrogen and oxygen atoms in total. The van der Waals surface area contributed by atoms with Crippen molar-refractivity contribution in [3.8, 4) is 0 Å². The van der Waals surface area contributed by atoms with Gasteiger partial charge >= 0.3 is 5.97 Å². The zero-order chi connectivity index (χ0) is 5.70. The minimum Gasteiger partial charge on any atom is -0.465 e. The van der Waals surface area contributed by atoms with Crippen LogP contribution in [0.1, 0.15) is 6.92 Å². The van der Waals surface area contributed by atoms with Gasteiger partial charge in [0.25, 0.3) is 0 Å². The summed E-state index contributed by atoms with van der Waals surface area (Å²) in [7, 11) is 0. The molecular weight excluding hydrogens is 234 g/mol. The predicted molar refractivity (Wildman–Crippen MR) is 36.2 cm³/mol. The van der Waals surface area contributed by atoms with Crippen LogP contribution in [-0.2, 0) is 9.53 Å². The second kappa shape index (κ2) is 7.64. The van der Waals surface area contributed by atoms with E-state index < -0.39 is 0 Å². The van der Waals surface area contributed by atoms with Gasteiger partial charge in [-0.3, -0.25) is 4.79 Å². The van der Waals surface area contributed by atoms with Gasteiger partial charge in [-0.05, 0) is 6.92 Å². The van der Waals surface area contributed by atoms with Crippen molar-refractivity contribution in [3.05, 3.63) is 0 Å². The van der Waals surface area contributed by atoms with Crippen molar-refractivity contribution >= 4 is 43.0 Å². The van der Waals surface area contributed by atoms with E-state index in [2.05, 4.69) is 17.4 Å². The second-order valence-corrected chi connectivity index (χ2v) is 1.28. The third kappa shape index (κ3) is 6.64. The first-order chi connectivity index (χ1) is 3.31. The second-order valence-electron chi connectivity index (χ2n) is 0.963. The van der Waals surface area contributed by atoms with Crippen LogP contribution in [0.25, 0.3) is 0 Å². The number of carbonyl (C=O) groups excluding carboxylic acids is 1. The van der Waals surface area contributed by atoms with E-state index in [-0.39, 0.29) is 36.2 Å². The van der Waals surface area contributed by atoms with Gasteiger partial charge in [0.1, 0.15) is 0 Å². The maximum atomic E-state index is 10.1. The van der Waals surface area contributed by atoms with Gasteiger partial charge < -0.3 is 4.74 Å². The van der Waals surface area contributed by atoms with Gasteiger partial charge in [-0.25, -0.2) is 0 Å². The van der Waals surface area contributed by atoms with E-state index in [1.54, 1.807) is 6.92 Å². The molecular formula is C4H8O2SSb. The van der Waals surface area contributed by atoms with Crippen molar-refractivity contribution < 1.29 is 9.53 Å². The van der Waals surface area contributed by atoms with Crippen molar-refractivity contribution in [1.82, 2.24) is 0 Å². The SMILES string of the molecule is CCOC(=O)CS.[Sb]. The first kappa shape index (κ1) is 11.4. The van der Waals surface area contributed by atoms with E-state index in [0.29, 0.717) is 6.61 Å². The maximum absolute atomic E-state index is 10.1. The molecule has 0 fully saturated rings. The molecule has 3 radical (unpaired) electrons. The van der Waals surface area contributed by atoms with Crippen LogP contribution in [0.4, 0.5) is 0 Å². The molecule has 0 heterocycles. The molecule has 0 amide bonds. The number of rotatable bonds is 2. The van der Waals surface area contributed by atoms with E-state index >= 15 is 0 Å². The molecule has 47 valence electrons. The van der Waals surface area contributed by atoms with Gasteiger partial charge in [0.2, 0.25) is 0 Å². The van der Waals surface area contributed by atoms with Crippen molar-refractivity contribution in [3.63, 3.8) is 0 Å². The van der Waals surface area contributed by atoms with Crippen LogP contribution >= 0.6 is 12.6 Å². The van der Waals surface area contributed by atoms with Crippen molar-refractivity contribution in [2.24, 2.45) is 0 Å². The first-order valence-electron chi connectivity index (χ1n) is 2.07. The van der Waals surface area contributed by atoms with Crippen molar-refractivity contribution in [2.45, 2.75) is 6.92 Å². The van der Waals surface area contributed by atoms with E-state index in [4.69, 9.17) is 0 Å². The molecule has 8 heavy (non-hydrogen) atoms. The Morgan fingerprint density at radius 1 is 1.75 bits per heavy atom. The summed E-state index contributed by atoms with van der Waals surface area (Å²) in [6.45, 7) is 2.21. The molecule has 0 spiro atoms. The average Bonchev–Trinajstić information content (AvgIpc) is 1.68. The van der Waals surface area contributed by atoms with Gasteiger partial charge in [-0.1, -0.05) is 0 Å². The molecule has 0 aromatic rings. The largest absolute Gasteiger partial charge is 0.465 e. The summed E-state index contributed by atoms with van der Waals surface area (Å²) in [5.41, 5.74) is 0. The van der Waals surface area contributed by atoms with Crippen LogP contribution in [0, 0.1) is 0 Å². The Hall–Kier alpha value is 0.638. The van der Waals surface area contributed by atoms with Gasteiger partial charge in [0, 0.05) is 24.4 Å². The summed E-state index contributed by atoms with van der Waals surface area (Å²) in [4.78, 5) is 10.1. The van der Waals surface area contributed by atoms with Crippen LogP contribution < -0.4 is 0 Å². The Bertz CT molecular complexity index is 67.1. The van der Waals surface area contributed by atoms with Crippen molar-refractivity contribution in [1.29, 1.82) is 0 Å². The zero-order valence-corrected chi connectivity index (χ0v) is 8.07. The predicted octanol–water partition coefficient (Wildman–Crippen LogP) is 0.0985. The summed E-state index contributed by atoms with van der Waals surface area (Å²) >= 11 is 3.67. The molecule has 0 N–H and O–H groups in total.